The molecule has 0 bridgehead atoms. The Kier molecular flexibility index (Phi) is 8.65. The van der Waals surface area contributed by atoms with Gasteiger partial charge in [0.1, 0.15) is 5.75 Å². The summed E-state index contributed by atoms with van der Waals surface area (Å²) in [7, 11) is -3.67. The fourth-order valence-corrected chi connectivity index (χ4v) is 5.94. The molecule has 1 fully saturated rings. The highest BCUT2D eigenvalue weighted by atomic mass is 32.2. The zero-order chi connectivity index (χ0) is 26.7. The van der Waals surface area contributed by atoms with Gasteiger partial charge in [-0.05, 0) is 62.4 Å². The van der Waals surface area contributed by atoms with E-state index in [0.717, 1.165) is 10.6 Å². The molecule has 2 aromatic carbocycles. The van der Waals surface area contributed by atoms with Crippen molar-refractivity contribution in [2.45, 2.75) is 31.3 Å². The number of nitrogens with zero attached hydrogens (tertiary/aromatic N) is 3. The van der Waals surface area contributed by atoms with Crippen molar-refractivity contribution >= 4 is 37.3 Å². The van der Waals surface area contributed by atoms with Gasteiger partial charge in [-0.25, -0.2) is 16.8 Å². The van der Waals surface area contributed by atoms with E-state index in [1.165, 1.54) is 17.4 Å². The fraction of sp³-hybridized carbons (Fsp3) is 0.458. The Morgan fingerprint density at radius 3 is 2.22 bits per heavy atom. The van der Waals surface area contributed by atoms with Crippen molar-refractivity contribution in [3.63, 3.8) is 0 Å². The highest BCUT2D eigenvalue weighted by molar-refractivity contribution is 7.92. The first kappa shape index (κ1) is 27.9. The quantitative estimate of drug-likeness (QED) is 0.520. The van der Waals surface area contributed by atoms with Gasteiger partial charge in [0.2, 0.25) is 20.0 Å². The number of nitrogens with one attached hydrogen (secondary N) is 1. The van der Waals surface area contributed by atoms with Crippen LogP contribution in [0.15, 0.2) is 47.4 Å². The Bertz CT molecular complexity index is 1290. The molecule has 1 heterocycles. The maximum absolute atomic E-state index is 13.3. The third-order valence-electron chi connectivity index (χ3n) is 6.18. The number of amides is 1. The molecule has 12 heteroatoms. The van der Waals surface area contributed by atoms with E-state index in [9.17, 15) is 21.6 Å². The highest BCUT2D eigenvalue weighted by Gasteiger charge is 2.29. The topological polar surface area (TPSA) is 116 Å². The first-order valence-electron chi connectivity index (χ1n) is 11.6. The molecule has 1 aliphatic rings. The monoisotopic (exact) mass is 538 g/mol. The number of aryl methyl sites for hydroxylation is 1. The minimum Gasteiger partial charge on any atom is -0.481 e. The third-order valence-corrected chi connectivity index (χ3v) is 9.42. The van der Waals surface area contributed by atoms with Crippen LogP contribution in [0.2, 0.25) is 0 Å². The number of piperazine rings is 1. The van der Waals surface area contributed by atoms with Crippen molar-refractivity contribution in [1.29, 1.82) is 0 Å². The van der Waals surface area contributed by atoms with Crippen LogP contribution in [0.4, 0.5) is 11.4 Å². The number of sulfonamides is 2. The minimum absolute atomic E-state index is 0.171. The van der Waals surface area contributed by atoms with Gasteiger partial charge in [0.25, 0.3) is 5.91 Å². The molecule has 0 unspecified atom stereocenters. The first-order chi connectivity index (χ1) is 16.8. The van der Waals surface area contributed by atoms with E-state index in [1.807, 2.05) is 7.05 Å². The second-order valence-corrected chi connectivity index (χ2v) is 12.8. The van der Waals surface area contributed by atoms with Gasteiger partial charge in [-0.15, -0.1) is 0 Å². The van der Waals surface area contributed by atoms with Gasteiger partial charge in [-0.2, -0.15) is 4.31 Å². The van der Waals surface area contributed by atoms with Crippen LogP contribution >= 0.6 is 0 Å². The molecule has 1 atom stereocenters. The lowest BCUT2D eigenvalue weighted by molar-refractivity contribution is -0.122. The van der Waals surface area contributed by atoms with Crippen molar-refractivity contribution in [3.05, 3.63) is 48.0 Å². The number of benzene rings is 2. The van der Waals surface area contributed by atoms with Gasteiger partial charge >= 0.3 is 0 Å². The number of anilines is 2. The number of rotatable bonds is 9. The Hall–Kier alpha value is -2.67. The van der Waals surface area contributed by atoms with Gasteiger partial charge in [-0.3, -0.25) is 9.10 Å². The molecule has 3 rings (SSSR count). The van der Waals surface area contributed by atoms with E-state index in [4.69, 9.17) is 4.74 Å². The maximum Gasteiger partial charge on any atom is 0.265 e. The van der Waals surface area contributed by atoms with E-state index in [0.29, 0.717) is 55.3 Å². The molecule has 0 aromatic heterocycles. The summed E-state index contributed by atoms with van der Waals surface area (Å²) in [6.07, 6.45) is 0.652. The molecular formula is C24H34N4O6S2. The molecule has 1 N–H and O–H groups in total. The molecule has 0 radical (unpaired) electrons. The van der Waals surface area contributed by atoms with Crippen LogP contribution in [-0.2, 0) is 24.8 Å². The normalized spacial score (nSPS) is 16.4. The number of carbonyl (C=O) groups excluding carboxylic acids is 1. The Morgan fingerprint density at radius 2 is 1.67 bits per heavy atom. The fourth-order valence-electron chi connectivity index (χ4n) is 3.76. The summed E-state index contributed by atoms with van der Waals surface area (Å²) in [6.45, 7) is 5.69. The summed E-state index contributed by atoms with van der Waals surface area (Å²) in [5.74, 6) is -0.00785. The van der Waals surface area contributed by atoms with Gasteiger partial charge in [-0.1, -0.05) is 13.0 Å². The Labute approximate surface area is 213 Å². The summed E-state index contributed by atoms with van der Waals surface area (Å²) in [6, 6.07) is 11.2. The second kappa shape index (κ2) is 11.2. The van der Waals surface area contributed by atoms with Crippen LogP contribution in [0.5, 0.6) is 5.75 Å². The van der Waals surface area contributed by atoms with Crippen LogP contribution in [0, 0.1) is 6.92 Å². The van der Waals surface area contributed by atoms with Crippen LogP contribution in [0.1, 0.15) is 18.9 Å². The third kappa shape index (κ3) is 6.55. The molecule has 0 spiro atoms. The molecular weight excluding hydrogens is 504 g/mol. The molecule has 1 aliphatic heterocycles. The molecule has 0 aliphatic carbocycles. The highest BCUT2D eigenvalue weighted by Crippen LogP contribution is 2.26. The van der Waals surface area contributed by atoms with Crippen molar-refractivity contribution in [2.75, 3.05) is 56.2 Å². The molecule has 0 saturated carbocycles. The first-order valence-corrected chi connectivity index (χ1v) is 14.9. The van der Waals surface area contributed by atoms with Gasteiger partial charge in [0.05, 0.1) is 16.8 Å². The van der Waals surface area contributed by atoms with Crippen molar-refractivity contribution < 1.29 is 26.4 Å². The average molecular weight is 539 g/mol. The van der Waals surface area contributed by atoms with Crippen molar-refractivity contribution in [1.82, 2.24) is 9.21 Å². The molecule has 10 nitrogen and oxygen atoms in total. The predicted octanol–water partition coefficient (Wildman–Crippen LogP) is 2.12. The van der Waals surface area contributed by atoms with E-state index in [2.05, 4.69) is 10.2 Å². The summed E-state index contributed by atoms with van der Waals surface area (Å²) in [4.78, 5) is 15.2. The number of carbonyl (C=O) groups is 1. The van der Waals surface area contributed by atoms with Gasteiger partial charge in [0, 0.05) is 38.9 Å². The number of hydrogen-bond acceptors (Lipinski definition) is 7. The average Bonchev–Trinajstić information content (AvgIpc) is 2.83. The molecule has 1 saturated heterocycles. The SMILES string of the molecule is CC[C@H](Oc1ccc(N(C)S(C)(=O)=O)cc1)C(=O)Nc1ccc(C)c(S(=O)(=O)N2CCN(C)CC2)c1. The van der Waals surface area contributed by atoms with Crippen LogP contribution in [0.3, 0.4) is 0 Å². The van der Waals surface area contributed by atoms with Gasteiger partial charge < -0.3 is 15.0 Å². The van der Waals surface area contributed by atoms with E-state index >= 15 is 0 Å². The van der Waals surface area contributed by atoms with E-state index < -0.39 is 32.1 Å². The second-order valence-electron chi connectivity index (χ2n) is 8.92. The van der Waals surface area contributed by atoms with Crippen LogP contribution in [0.25, 0.3) is 0 Å². The van der Waals surface area contributed by atoms with Gasteiger partial charge in [0.15, 0.2) is 6.10 Å². The Balaban J connectivity index is 1.72. The zero-order valence-electron chi connectivity index (χ0n) is 21.3. The summed E-state index contributed by atoms with van der Waals surface area (Å²) >= 11 is 0. The smallest absolute Gasteiger partial charge is 0.265 e. The minimum atomic E-state index is -3.69. The van der Waals surface area contributed by atoms with Crippen LogP contribution < -0.4 is 14.4 Å². The summed E-state index contributed by atoms with van der Waals surface area (Å²) in [5, 5.41) is 2.77. The molecule has 198 valence electrons. The van der Waals surface area contributed by atoms with Crippen molar-refractivity contribution in [3.8, 4) is 5.75 Å². The number of hydrogen-bond donors (Lipinski definition) is 1. The lowest BCUT2D eigenvalue weighted by Crippen LogP contribution is -2.47. The largest absolute Gasteiger partial charge is 0.481 e. The Morgan fingerprint density at radius 1 is 1.06 bits per heavy atom. The predicted molar refractivity (Wildman–Crippen MR) is 140 cm³/mol. The summed E-state index contributed by atoms with van der Waals surface area (Å²) in [5.41, 5.74) is 1.44. The zero-order valence-corrected chi connectivity index (χ0v) is 22.9. The summed E-state index contributed by atoms with van der Waals surface area (Å²) < 4.78 is 58.4. The number of ether oxygens (including phenoxy) is 1. The standard InChI is InChI=1S/C24H34N4O6S2/c1-6-22(34-21-11-9-20(10-12-21)27(4)35(5,30)31)24(29)25-19-8-7-18(2)23(17-19)36(32,33)28-15-13-26(3)14-16-28/h7-12,17,22H,6,13-16H2,1-5H3,(H,25,29)/t22-/m0/s1. The number of likely N-dealkylation sites (N-methyl/N-ethyl adjacent to an activating group) is 1. The molecule has 36 heavy (non-hydrogen) atoms. The lowest BCUT2D eigenvalue weighted by atomic mass is 10.2. The lowest BCUT2D eigenvalue weighted by Gasteiger charge is -2.32. The van der Waals surface area contributed by atoms with E-state index in [-0.39, 0.29) is 4.90 Å². The van der Waals surface area contributed by atoms with Crippen LogP contribution in [-0.4, -0.2) is 84.6 Å². The van der Waals surface area contributed by atoms with E-state index in [1.54, 1.807) is 50.2 Å². The molecule has 2 aromatic rings. The molecule has 1 amide bonds. The maximum atomic E-state index is 13.3. The van der Waals surface area contributed by atoms with Crippen molar-refractivity contribution in [2.24, 2.45) is 0 Å².